The Balaban J connectivity index is 1.61. The van der Waals surface area contributed by atoms with Gasteiger partial charge in [-0.15, -0.1) is 0 Å². The number of hydrogen-bond acceptors (Lipinski definition) is 4. The maximum atomic E-state index is 12.6. The first-order valence-electron chi connectivity index (χ1n) is 8.67. The third kappa shape index (κ3) is 4.52. The predicted octanol–water partition coefficient (Wildman–Crippen LogP) is 2.22. The van der Waals surface area contributed by atoms with Gasteiger partial charge < -0.3 is 0 Å². The number of piperidine rings is 1. The van der Waals surface area contributed by atoms with Gasteiger partial charge in [0, 0.05) is 31.5 Å². The smallest absolute Gasteiger partial charge is 0.215 e. The lowest BCUT2D eigenvalue weighted by molar-refractivity contribution is 0.221. The van der Waals surface area contributed by atoms with Gasteiger partial charge in [0.05, 0.1) is 5.25 Å². The van der Waals surface area contributed by atoms with Crippen LogP contribution in [0.4, 0.5) is 0 Å². The molecule has 2 heterocycles. The molecule has 1 aliphatic carbocycles. The van der Waals surface area contributed by atoms with Gasteiger partial charge in [-0.05, 0) is 50.3 Å². The van der Waals surface area contributed by atoms with Crippen LogP contribution in [0.15, 0.2) is 18.5 Å². The highest BCUT2D eigenvalue weighted by Gasteiger charge is 2.32. The fourth-order valence-electron chi connectivity index (χ4n) is 3.74. The average molecular weight is 337 g/mol. The second-order valence-corrected chi connectivity index (χ2v) is 9.01. The molecule has 2 fully saturated rings. The molecule has 1 unspecified atom stereocenters. The number of likely N-dealkylation sites (tertiary alicyclic amines) is 1. The van der Waals surface area contributed by atoms with Crippen molar-refractivity contribution in [2.45, 2.75) is 63.3 Å². The highest BCUT2D eigenvalue weighted by Crippen LogP contribution is 2.23. The molecule has 1 atom stereocenters. The Kier molecular flexibility index (Phi) is 5.34. The Morgan fingerprint density at radius 3 is 2.74 bits per heavy atom. The third-order valence-electron chi connectivity index (χ3n) is 4.92. The van der Waals surface area contributed by atoms with Crippen molar-refractivity contribution in [2.75, 3.05) is 13.1 Å². The summed E-state index contributed by atoms with van der Waals surface area (Å²) >= 11 is 0. The van der Waals surface area contributed by atoms with Crippen LogP contribution in [0.3, 0.4) is 0 Å². The molecule has 0 bridgehead atoms. The van der Waals surface area contributed by atoms with E-state index in [1.54, 1.807) is 0 Å². The quantitative estimate of drug-likeness (QED) is 0.895. The fourth-order valence-corrected chi connectivity index (χ4v) is 5.52. The van der Waals surface area contributed by atoms with Gasteiger partial charge in [-0.1, -0.05) is 18.9 Å². The minimum atomic E-state index is -3.21. The van der Waals surface area contributed by atoms with Crippen LogP contribution in [0.5, 0.6) is 0 Å². The van der Waals surface area contributed by atoms with Crippen LogP contribution >= 0.6 is 0 Å². The summed E-state index contributed by atoms with van der Waals surface area (Å²) in [5, 5.41) is -0.283. The molecule has 0 aromatic carbocycles. The van der Waals surface area contributed by atoms with E-state index in [0.717, 1.165) is 62.7 Å². The number of aryl methyl sites for hydroxylation is 1. The van der Waals surface area contributed by atoms with Crippen molar-refractivity contribution in [3.05, 3.63) is 29.6 Å². The minimum Gasteiger partial charge on any atom is -0.298 e. The summed E-state index contributed by atoms with van der Waals surface area (Å²) in [6.45, 7) is 4.40. The van der Waals surface area contributed by atoms with Gasteiger partial charge in [0.1, 0.15) is 0 Å². The van der Waals surface area contributed by atoms with Crippen LogP contribution in [0.1, 0.15) is 49.7 Å². The number of aromatic nitrogens is 1. The number of pyridine rings is 1. The number of hydrogen-bond donors (Lipinski definition) is 1. The highest BCUT2D eigenvalue weighted by molar-refractivity contribution is 7.90. The van der Waals surface area contributed by atoms with Crippen molar-refractivity contribution in [3.8, 4) is 0 Å². The zero-order valence-electron chi connectivity index (χ0n) is 13.9. The highest BCUT2D eigenvalue weighted by atomic mass is 32.2. The summed E-state index contributed by atoms with van der Waals surface area (Å²) in [7, 11) is -3.21. The third-order valence-corrected chi connectivity index (χ3v) is 6.85. The van der Waals surface area contributed by atoms with Crippen molar-refractivity contribution >= 4 is 10.0 Å². The molecular formula is C17H27N3O2S. The van der Waals surface area contributed by atoms with Crippen LogP contribution in [0, 0.1) is 6.92 Å². The van der Waals surface area contributed by atoms with Gasteiger partial charge in [-0.2, -0.15) is 0 Å². The summed E-state index contributed by atoms with van der Waals surface area (Å²) in [6.07, 6.45) is 9.70. The van der Waals surface area contributed by atoms with E-state index in [4.69, 9.17) is 0 Å². The largest absolute Gasteiger partial charge is 0.298 e. The topological polar surface area (TPSA) is 62.3 Å². The molecule has 1 aliphatic heterocycles. The molecule has 0 spiro atoms. The molecule has 1 saturated heterocycles. The summed E-state index contributed by atoms with van der Waals surface area (Å²) in [4.78, 5) is 6.48. The van der Waals surface area contributed by atoms with E-state index in [1.807, 2.05) is 19.3 Å². The van der Waals surface area contributed by atoms with Gasteiger partial charge in [-0.3, -0.25) is 9.88 Å². The Labute approximate surface area is 139 Å². The maximum Gasteiger partial charge on any atom is 0.215 e. The van der Waals surface area contributed by atoms with E-state index in [1.165, 1.54) is 0 Å². The molecule has 6 heteroatoms. The van der Waals surface area contributed by atoms with E-state index in [0.29, 0.717) is 6.54 Å². The molecule has 1 saturated carbocycles. The van der Waals surface area contributed by atoms with Crippen LogP contribution < -0.4 is 4.72 Å². The summed E-state index contributed by atoms with van der Waals surface area (Å²) in [5.41, 5.74) is 2.30. The Hall–Kier alpha value is -0.980. The predicted molar refractivity (Wildman–Crippen MR) is 91.6 cm³/mol. The first-order valence-corrected chi connectivity index (χ1v) is 10.2. The molecule has 3 rings (SSSR count). The Morgan fingerprint density at radius 2 is 2.00 bits per heavy atom. The van der Waals surface area contributed by atoms with Gasteiger partial charge in [-0.25, -0.2) is 13.1 Å². The van der Waals surface area contributed by atoms with Gasteiger partial charge in [0.25, 0.3) is 0 Å². The van der Waals surface area contributed by atoms with Crippen molar-refractivity contribution in [1.82, 2.24) is 14.6 Å². The van der Waals surface area contributed by atoms with Crippen LogP contribution in [-0.2, 0) is 16.6 Å². The number of sulfonamides is 1. The van der Waals surface area contributed by atoms with Gasteiger partial charge in [0.15, 0.2) is 0 Å². The molecular weight excluding hydrogens is 310 g/mol. The fraction of sp³-hybridized carbons (Fsp3) is 0.706. The van der Waals surface area contributed by atoms with Crippen LogP contribution in [0.2, 0.25) is 0 Å². The molecule has 0 radical (unpaired) electrons. The molecule has 2 aliphatic rings. The van der Waals surface area contributed by atoms with E-state index < -0.39 is 10.0 Å². The average Bonchev–Trinajstić information content (AvgIpc) is 3.00. The first kappa shape index (κ1) is 16.9. The number of nitrogens with one attached hydrogen (secondary N) is 1. The van der Waals surface area contributed by atoms with E-state index in [9.17, 15) is 8.42 Å². The second-order valence-electron chi connectivity index (χ2n) is 7.01. The van der Waals surface area contributed by atoms with Crippen LogP contribution in [-0.4, -0.2) is 42.7 Å². The SMILES string of the molecule is Cc1cncc(CN2CCCC(S(=O)(=O)NC3CCCC3)C2)c1. The Morgan fingerprint density at radius 1 is 1.22 bits per heavy atom. The first-order chi connectivity index (χ1) is 11.0. The van der Waals surface area contributed by atoms with E-state index >= 15 is 0 Å². The van der Waals surface area contributed by atoms with Crippen molar-refractivity contribution < 1.29 is 8.42 Å². The van der Waals surface area contributed by atoms with Gasteiger partial charge >= 0.3 is 0 Å². The molecule has 1 N–H and O–H groups in total. The van der Waals surface area contributed by atoms with Crippen molar-refractivity contribution in [2.24, 2.45) is 0 Å². The molecule has 1 aromatic rings. The van der Waals surface area contributed by atoms with Crippen molar-refractivity contribution in [3.63, 3.8) is 0 Å². The van der Waals surface area contributed by atoms with Crippen molar-refractivity contribution in [1.29, 1.82) is 0 Å². The standard InChI is InChI=1S/C17H27N3O2S/c1-14-9-15(11-18-10-14)12-20-8-4-7-17(13-20)23(21,22)19-16-5-2-3-6-16/h9-11,16-17,19H,2-8,12-13H2,1H3. The minimum absolute atomic E-state index is 0.163. The summed E-state index contributed by atoms with van der Waals surface area (Å²) in [5.74, 6) is 0. The Bertz CT molecular complexity index is 626. The molecule has 128 valence electrons. The number of nitrogens with zero attached hydrogens (tertiary/aromatic N) is 2. The zero-order chi connectivity index (χ0) is 16.3. The molecule has 5 nitrogen and oxygen atoms in total. The summed E-state index contributed by atoms with van der Waals surface area (Å²) < 4.78 is 28.2. The molecule has 1 aromatic heterocycles. The molecule has 0 amide bonds. The lowest BCUT2D eigenvalue weighted by Gasteiger charge is -2.33. The van der Waals surface area contributed by atoms with E-state index in [2.05, 4.69) is 20.7 Å². The van der Waals surface area contributed by atoms with Crippen LogP contribution in [0.25, 0.3) is 0 Å². The maximum absolute atomic E-state index is 12.6. The second kappa shape index (κ2) is 7.28. The van der Waals surface area contributed by atoms with Gasteiger partial charge in [0.2, 0.25) is 10.0 Å². The molecule has 23 heavy (non-hydrogen) atoms. The zero-order valence-corrected chi connectivity index (χ0v) is 14.7. The monoisotopic (exact) mass is 337 g/mol. The lowest BCUT2D eigenvalue weighted by atomic mass is 10.1. The normalized spacial score (nSPS) is 24.1. The van der Waals surface area contributed by atoms with E-state index in [-0.39, 0.29) is 11.3 Å². The summed E-state index contributed by atoms with van der Waals surface area (Å²) in [6, 6.07) is 2.29. The lowest BCUT2D eigenvalue weighted by Crippen LogP contribution is -2.48. The number of rotatable bonds is 5.